The molecule has 1 aromatic heterocycles. The molecule has 2 heterocycles. The summed E-state index contributed by atoms with van der Waals surface area (Å²) < 4.78 is 47.4. The molecular weight excluding hydrogens is 337 g/mol. The van der Waals surface area contributed by atoms with Crippen LogP contribution in [0.2, 0.25) is 0 Å². The van der Waals surface area contributed by atoms with Gasteiger partial charge in [-0.15, -0.1) is 0 Å². The Hall–Kier alpha value is -2.03. The lowest BCUT2D eigenvalue weighted by atomic mass is 10.0. The first-order valence-corrected chi connectivity index (χ1v) is 8.03. The SMILES string of the molecule is CN=C(NCc1cccnc1OCC(F)(F)F)NCC1(C)CCCO1. The van der Waals surface area contributed by atoms with Gasteiger partial charge >= 0.3 is 6.18 Å². The van der Waals surface area contributed by atoms with Crippen LogP contribution >= 0.6 is 0 Å². The molecule has 1 aliphatic rings. The molecule has 1 unspecified atom stereocenters. The maximum absolute atomic E-state index is 12.3. The van der Waals surface area contributed by atoms with Crippen LogP contribution in [0.5, 0.6) is 5.88 Å². The number of alkyl halides is 3. The van der Waals surface area contributed by atoms with Crippen molar-refractivity contribution in [2.24, 2.45) is 4.99 Å². The van der Waals surface area contributed by atoms with Gasteiger partial charge < -0.3 is 20.1 Å². The Morgan fingerprint density at radius 3 is 2.88 bits per heavy atom. The summed E-state index contributed by atoms with van der Waals surface area (Å²) in [6, 6.07) is 3.29. The maximum atomic E-state index is 12.3. The molecule has 1 aliphatic heterocycles. The summed E-state index contributed by atoms with van der Waals surface area (Å²) in [5.74, 6) is 0.483. The molecule has 0 aliphatic carbocycles. The Morgan fingerprint density at radius 2 is 2.24 bits per heavy atom. The third kappa shape index (κ3) is 6.41. The average molecular weight is 360 g/mol. The number of aromatic nitrogens is 1. The Balaban J connectivity index is 1.88. The van der Waals surface area contributed by atoms with Crippen LogP contribution in [0, 0.1) is 0 Å². The fourth-order valence-electron chi connectivity index (χ4n) is 2.49. The van der Waals surface area contributed by atoms with Crippen molar-refractivity contribution in [3.05, 3.63) is 23.9 Å². The lowest BCUT2D eigenvalue weighted by molar-refractivity contribution is -0.154. The second-order valence-electron chi connectivity index (χ2n) is 6.05. The highest BCUT2D eigenvalue weighted by Crippen LogP contribution is 2.24. The van der Waals surface area contributed by atoms with Crippen LogP contribution in [0.3, 0.4) is 0 Å². The van der Waals surface area contributed by atoms with Gasteiger partial charge in [0.2, 0.25) is 5.88 Å². The lowest BCUT2D eigenvalue weighted by Crippen LogP contribution is -2.45. The second kappa shape index (κ2) is 8.37. The van der Waals surface area contributed by atoms with Crippen molar-refractivity contribution in [1.82, 2.24) is 15.6 Å². The molecule has 0 aromatic carbocycles. The van der Waals surface area contributed by atoms with E-state index in [0.29, 0.717) is 18.1 Å². The first kappa shape index (κ1) is 19.3. The summed E-state index contributed by atoms with van der Waals surface area (Å²) in [6.07, 6.45) is -1.02. The van der Waals surface area contributed by atoms with E-state index in [1.165, 1.54) is 6.20 Å². The number of hydrogen-bond acceptors (Lipinski definition) is 4. The third-order valence-electron chi connectivity index (χ3n) is 3.82. The predicted octanol–water partition coefficient (Wildman–Crippen LogP) is 2.26. The summed E-state index contributed by atoms with van der Waals surface area (Å²) in [7, 11) is 1.62. The van der Waals surface area contributed by atoms with E-state index in [4.69, 9.17) is 9.47 Å². The van der Waals surface area contributed by atoms with Gasteiger partial charge in [0.05, 0.1) is 5.60 Å². The number of ether oxygens (including phenoxy) is 2. The molecule has 2 rings (SSSR count). The summed E-state index contributed by atoms with van der Waals surface area (Å²) in [4.78, 5) is 7.97. The third-order valence-corrected chi connectivity index (χ3v) is 3.82. The van der Waals surface area contributed by atoms with Gasteiger partial charge in [0.1, 0.15) is 0 Å². The van der Waals surface area contributed by atoms with Crippen LogP contribution in [0.1, 0.15) is 25.3 Å². The van der Waals surface area contributed by atoms with E-state index in [-0.39, 0.29) is 18.0 Å². The molecule has 1 aromatic rings. The van der Waals surface area contributed by atoms with Gasteiger partial charge in [-0.3, -0.25) is 4.99 Å². The van der Waals surface area contributed by atoms with Crippen molar-refractivity contribution in [3.63, 3.8) is 0 Å². The molecule has 1 saturated heterocycles. The highest BCUT2D eigenvalue weighted by molar-refractivity contribution is 5.79. The quantitative estimate of drug-likeness (QED) is 0.602. The minimum atomic E-state index is -4.41. The topological polar surface area (TPSA) is 67.8 Å². The largest absolute Gasteiger partial charge is 0.468 e. The summed E-state index contributed by atoms with van der Waals surface area (Å²) in [5, 5.41) is 6.22. The summed E-state index contributed by atoms with van der Waals surface area (Å²) in [5.41, 5.74) is 0.283. The van der Waals surface area contributed by atoms with Gasteiger partial charge in [0, 0.05) is 38.5 Å². The van der Waals surface area contributed by atoms with Gasteiger partial charge in [-0.05, 0) is 25.8 Å². The zero-order chi connectivity index (χ0) is 18.3. The summed E-state index contributed by atoms with van der Waals surface area (Å²) >= 11 is 0. The Morgan fingerprint density at radius 1 is 1.44 bits per heavy atom. The minimum absolute atomic E-state index is 0.0473. The van der Waals surface area contributed by atoms with E-state index < -0.39 is 12.8 Å². The molecule has 25 heavy (non-hydrogen) atoms. The highest BCUT2D eigenvalue weighted by atomic mass is 19.4. The number of aliphatic imine (C=N–C) groups is 1. The molecule has 2 N–H and O–H groups in total. The van der Waals surface area contributed by atoms with E-state index in [1.807, 2.05) is 6.92 Å². The fraction of sp³-hybridized carbons (Fsp3) is 0.625. The zero-order valence-corrected chi connectivity index (χ0v) is 14.3. The maximum Gasteiger partial charge on any atom is 0.422 e. The Bertz CT molecular complexity index is 587. The van der Waals surface area contributed by atoms with Crippen LogP contribution in [-0.2, 0) is 11.3 Å². The first-order valence-electron chi connectivity index (χ1n) is 8.03. The molecule has 0 spiro atoms. The molecule has 1 fully saturated rings. The van der Waals surface area contributed by atoms with Crippen LogP contribution < -0.4 is 15.4 Å². The molecule has 9 heteroatoms. The van der Waals surface area contributed by atoms with Crippen molar-refractivity contribution >= 4 is 5.96 Å². The number of pyridine rings is 1. The molecule has 0 amide bonds. The van der Waals surface area contributed by atoms with Crippen LogP contribution in [0.15, 0.2) is 23.3 Å². The van der Waals surface area contributed by atoms with E-state index in [9.17, 15) is 13.2 Å². The number of rotatable bonds is 6. The Labute approximate surface area is 144 Å². The number of nitrogens with one attached hydrogen (secondary N) is 2. The van der Waals surface area contributed by atoms with E-state index in [1.54, 1.807) is 19.2 Å². The monoisotopic (exact) mass is 360 g/mol. The van der Waals surface area contributed by atoms with Gasteiger partial charge in [0.25, 0.3) is 0 Å². The normalized spacial score (nSPS) is 21.2. The predicted molar refractivity (Wildman–Crippen MR) is 87.6 cm³/mol. The van der Waals surface area contributed by atoms with E-state index in [2.05, 4.69) is 20.6 Å². The molecule has 1 atom stereocenters. The minimum Gasteiger partial charge on any atom is -0.468 e. The molecular formula is C16H23F3N4O2. The van der Waals surface area contributed by atoms with Crippen LogP contribution in [0.25, 0.3) is 0 Å². The number of nitrogens with zero attached hydrogens (tertiary/aromatic N) is 2. The van der Waals surface area contributed by atoms with Gasteiger partial charge in [0.15, 0.2) is 12.6 Å². The zero-order valence-electron chi connectivity index (χ0n) is 14.3. The number of guanidine groups is 1. The van der Waals surface area contributed by atoms with E-state index in [0.717, 1.165) is 19.4 Å². The van der Waals surface area contributed by atoms with Crippen molar-refractivity contribution in [2.75, 3.05) is 26.8 Å². The smallest absolute Gasteiger partial charge is 0.422 e. The standard InChI is InChI=1S/C16H23F3N4O2/c1-15(6-4-8-25-15)10-23-14(20-2)22-9-12-5-3-7-21-13(12)24-11-16(17,18)19/h3,5,7H,4,6,8-11H2,1-2H3,(H2,20,22,23). The molecule has 0 bridgehead atoms. The van der Waals surface area contributed by atoms with Crippen LogP contribution in [0.4, 0.5) is 13.2 Å². The number of halogens is 3. The van der Waals surface area contributed by atoms with E-state index >= 15 is 0 Å². The first-order chi connectivity index (χ1) is 11.8. The highest BCUT2D eigenvalue weighted by Gasteiger charge is 2.30. The van der Waals surface area contributed by atoms with Crippen molar-refractivity contribution in [2.45, 2.75) is 38.1 Å². The second-order valence-corrected chi connectivity index (χ2v) is 6.05. The molecule has 6 nitrogen and oxygen atoms in total. The molecule has 0 radical (unpaired) electrons. The molecule has 0 saturated carbocycles. The van der Waals surface area contributed by atoms with Crippen molar-refractivity contribution < 1.29 is 22.6 Å². The fourth-order valence-corrected chi connectivity index (χ4v) is 2.49. The van der Waals surface area contributed by atoms with Gasteiger partial charge in [-0.2, -0.15) is 13.2 Å². The van der Waals surface area contributed by atoms with Gasteiger partial charge in [-0.1, -0.05) is 6.07 Å². The summed E-state index contributed by atoms with van der Waals surface area (Å²) in [6.45, 7) is 2.24. The van der Waals surface area contributed by atoms with Crippen molar-refractivity contribution in [1.29, 1.82) is 0 Å². The molecule has 140 valence electrons. The van der Waals surface area contributed by atoms with Crippen LogP contribution in [-0.4, -0.2) is 49.5 Å². The number of hydrogen-bond donors (Lipinski definition) is 2. The van der Waals surface area contributed by atoms with Crippen molar-refractivity contribution in [3.8, 4) is 5.88 Å². The Kier molecular flexibility index (Phi) is 6.46. The lowest BCUT2D eigenvalue weighted by Gasteiger charge is -2.24. The van der Waals surface area contributed by atoms with Gasteiger partial charge in [-0.25, -0.2) is 4.98 Å². The average Bonchev–Trinajstić information content (AvgIpc) is 3.00.